The predicted molar refractivity (Wildman–Crippen MR) is 53.8 cm³/mol. The predicted octanol–water partition coefficient (Wildman–Crippen LogP) is 0.930. The lowest BCUT2D eigenvalue weighted by Crippen LogP contribution is -2.25. The Morgan fingerprint density at radius 3 is 2.69 bits per heavy atom. The van der Waals surface area contributed by atoms with Gasteiger partial charge in [-0.2, -0.15) is 0 Å². The minimum Gasteiger partial charge on any atom is -0.330 e. The van der Waals surface area contributed by atoms with Gasteiger partial charge in [0.1, 0.15) is 0 Å². The molecule has 3 nitrogen and oxygen atoms in total. The van der Waals surface area contributed by atoms with E-state index in [2.05, 4.69) is 0 Å². The molecule has 0 aliphatic heterocycles. The monoisotopic (exact) mass is 180 g/mol. The smallest absolute Gasteiger partial charge is 0.250 e. The molecule has 0 bridgehead atoms. The van der Waals surface area contributed by atoms with Gasteiger partial charge in [0.2, 0.25) is 0 Å². The molecular weight excluding hydrogens is 164 g/mol. The van der Waals surface area contributed by atoms with Crippen LogP contribution in [0.4, 0.5) is 0 Å². The summed E-state index contributed by atoms with van der Waals surface area (Å²) >= 11 is 0. The summed E-state index contributed by atoms with van der Waals surface area (Å²) in [7, 11) is 0. The minimum atomic E-state index is 0.0564. The van der Waals surface area contributed by atoms with Gasteiger partial charge in [0.05, 0.1) is 0 Å². The van der Waals surface area contributed by atoms with E-state index in [1.54, 1.807) is 16.7 Å². The third-order valence-corrected chi connectivity index (χ3v) is 1.99. The van der Waals surface area contributed by atoms with Gasteiger partial charge in [-0.3, -0.25) is 4.79 Å². The van der Waals surface area contributed by atoms with Gasteiger partial charge in [-0.15, -0.1) is 0 Å². The van der Waals surface area contributed by atoms with Crippen molar-refractivity contribution in [3.05, 3.63) is 34.2 Å². The standard InChI is InChI=1S/C10H16N2O/c1-8(2)12-9(6-7-11)4-3-5-10(12)13/h3-5,8H,6-7,11H2,1-2H3. The summed E-state index contributed by atoms with van der Waals surface area (Å²) in [4.78, 5) is 11.5. The molecule has 1 heterocycles. The number of hydrogen-bond donors (Lipinski definition) is 1. The summed E-state index contributed by atoms with van der Waals surface area (Å²) in [6, 6.07) is 5.52. The molecule has 0 radical (unpaired) electrons. The topological polar surface area (TPSA) is 48.0 Å². The molecule has 1 rings (SSSR count). The molecule has 0 fully saturated rings. The van der Waals surface area contributed by atoms with E-state index < -0.39 is 0 Å². The van der Waals surface area contributed by atoms with Crippen LogP contribution in [0.1, 0.15) is 25.6 Å². The second-order valence-corrected chi connectivity index (χ2v) is 3.36. The van der Waals surface area contributed by atoms with Crippen LogP contribution in [0.15, 0.2) is 23.0 Å². The SMILES string of the molecule is CC(C)n1c(CCN)cccc1=O. The van der Waals surface area contributed by atoms with Gasteiger partial charge in [0.15, 0.2) is 0 Å². The molecular formula is C10H16N2O. The summed E-state index contributed by atoms with van der Waals surface area (Å²) < 4.78 is 1.78. The van der Waals surface area contributed by atoms with Crippen LogP contribution in [0.2, 0.25) is 0 Å². The second kappa shape index (κ2) is 4.23. The Kier molecular flexibility index (Phi) is 3.25. The number of pyridine rings is 1. The Labute approximate surface area is 78.2 Å². The average Bonchev–Trinajstić information content (AvgIpc) is 2.04. The van der Waals surface area contributed by atoms with Gasteiger partial charge in [-0.1, -0.05) is 6.07 Å². The van der Waals surface area contributed by atoms with Crippen LogP contribution in [0, 0.1) is 0 Å². The van der Waals surface area contributed by atoms with Crippen molar-refractivity contribution in [1.82, 2.24) is 4.57 Å². The molecule has 1 aromatic rings. The molecule has 13 heavy (non-hydrogen) atoms. The van der Waals surface area contributed by atoms with Crippen molar-refractivity contribution in [2.24, 2.45) is 5.73 Å². The quantitative estimate of drug-likeness (QED) is 0.752. The molecule has 0 aromatic carbocycles. The van der Waals surface area contributed by atoms with Crippen molar-refractivity contribution < 1.29 is 0 Å². The lowest BCUT2D eigenvalue weighted by atomic mass is 10.2. The molecule has 0 aliphatic rings. The number of rotatable bonds is 3. The largest absolute Gasteiger partial charge is 0.330 e. The first-order valence-corrected chi connectivity index (χ1v) is 4.57. The van der Waals surface area contributed by atoms with Gasteiger partial charge in [-0.25, -0.2) is 0 Å². The van der Waals surface area contributed by atoms with E-state index in [0.29, 0.717) is 6.54 Å². The first kappa shape index (κ1) is 9.99. The summed E-state index contributed by atoms with van der Waals surface area (Å²) in [5.74, 6) is 0. The lowest BCUT2D eigenvalue weighted by molar-refractivity contribution is 0.550. The highest BCUT2D eigenvalue weighted by Gasteiger charge is 2.05. The molecule has 0 atom stereocenters. The normalized spacial score (nSPS) is 10.8. The third kappa shape index (κ3) is 2.18. The molecule has 1 aromatic heterocycles. The van der Waals surface area contributed by atoms with Crippen LogP contribution in [-0.4, -0.2) is 11.1 Å². The maximum absolute atomic E-state index is 11.5. The van der Waals surface area contributed by atoms with Crippen molar-refractivity contribution in [1.29, 1.82) is 0 Å². The maximum atomic E-state index is 11.5. The highest BCUT2D eigenvalue weighted by atomic mass is 16.1. The van der Waals surface area contributed by atoms with E-state index in [1.807, 2.05) is 19.9 Å². The zero-order chi connectivity index (χ0) is 9.84. The van der Waals surface area contributed by atoms with Crippen molar-refractivity contribution in [2.45, 2.75) is 26.3 Å². The highest BCUT2D eigenvalue weighted by molar-refractivity contribution is 5.08. The van der Waals surface area contributed by atoms with Crippen LogP contribution < -0.4 is 11.3 Å². The molecule has 3 heteroatoms. The molecule has 0 spiro atoms. The van der Waals surface area contributed by atoms with Gasteiger partial charge in [-0.05, 0) is 26.5 Å². The Hall–Kier alpha value is -1.09. The Morgan fingerprint density at radius 1 is 1.46 bits per heavy atom. The minimum absolute atomic E-state index is 0.0564. The Morgan fingerprint density at radius 2 is 2.15 bits per heavy atom. The van der Waals surface area contributed by atoms with E-state index in [4.69, 9.17) is 5.73 Å². The molecule has 0 aliphatic carbocycles. The van der Waals surface area contributed by atoms with Crippen LogP contribution >= 0.6 is 0 Å². The third-order valence-electron chi connectivity index (χ3n) is 1.99. The van der Waals surface area contributed by atoms with Gasteiger partial charge in [0, 0.05) is 24.2 Å². The van der Waals surface area contributed by atoms with E-state index in [1.165, 1.54) is 0 Å². The highest BCUT2D eigenvalue weighted by Crippen LogP contribution is 2.05. The fourth-order valence-corrected chi connectivity index (χ4v) is 1.48. The van der Waals surface area contributed by atoms with Crippen LogP contribution in [0.5, 0.6) is 0 Å². The Balaban J connectivity index is 3.18. The molecule has 0 saturated carbocycles. The van der Waals surface area contributed by atoms with Crippen LogP contribution in [0.25, 0.3) is 0 Å². The van der Waals surface area contributed by atoms with Crippen LogP contribution in [0.3, 0.4) is 0 Å². The van der Waals surface area contributed by atoms with Crippen molar-refractivity contribution in [2.75, 3.05) is 6.54 Å². The number of aromatic nitrogens is 1. The van der Waals surface area contributed by atoms with Crippen molar-refractivity contribution in [3.8, 4) is 0 Å². The van der Waals surface area contributed by atoms with Gasteiger partial charge in [0.25, 0.3) is 5.56 Å². The summed E-state index contributed by atoms with van der Waals surface area (Å²) in [6.45, 7) is 4.58. The first-order chi connectivity index (χ1) is 6.16. The summed E-state index contributed by atoms with van der Waals surface area (Å²) in [5, 5.41) is 0. The molecule has 2 N–H and O–H groups in total. The van der Waals surface area contributed by atoms with Gasteiger partial charge < -0.3 is 10.3 Å². The van der Waals surface area contributed by atoms with E-state index in [-0.39, 0.29) is 11.6 Å². The molecule has 0 saturated heterocycles. The van der Waals surface area contributed by atoms with Crippen molar-refractivity contribution in [3.63, 3.8) is 0 Å². The van der Waals surface area contributed by atoms with Crippen LogP contribution in [-0.2, 0) is 6.42 Å². The van der Waals surface area contributed by atoms with E-state index in [0.717, 1.165) is 12.1 Å². The van der Waals surface area contributed by atoms with E-state index >= 15 is 0 Å². The number of hydrogen-bond acceptors (Lipinski definition) is 2. The Bertz CT molecular complexity index is 328. The fourth-order valence-electron chi connectivity index (χ4n) is 1.48. The van der Waals surface area contributed by atoms with E-state index in [9.17, 15) is 4.79 Å². The van der Waals surface area contributed by atoms with Gasteiger partial charge >= 0.3 is 0 Å². The average molecular weight is 180 g/mol. The maximum Gasteiger partial charge on any atom is 0.250 e. The number of nitrogens with zero attached hydrogens (tertiary/aromatic N) is 1. The summed E-state index contributed by atoms with van der Waals surface area (Å²) in [5.41, 5.74) is 6.54. The number of nitrogens with two attached hydrogens (primary N) is 1. The first-order valence-electron chi connectivity index (χ1n) is 4.57. The molecule has 0 unspecified atom stereocenters. The fraction of sp³-hybridized carbons (Fsp3) is 0.500. The molecule has 72 valence electrons. The second-order valence-electron chi connectivity index (χ2n) is 3.36. The molecule has 0 amide bonds. The zero-order valence-electron chi connectivity index (χ0n) is 8.16. The zero-order valence-corrected chi connectivity index (χ0v) is 8.16. The van der Waals surface area contributed by atoms with Crippen molar-refractivity contribution >= 4 is 0 Å². The summed E-state index contributed by atoms with van der Waals surface area (Å²) in [6.07, 6.45) is 0.758. The lowest BCUT2D eigenvalue weighted by Gasteiger charge is -2.14.